The zero-order chi connectivity index (χ0) is 19.4. The Labute approximate surface area is 171 Å². The summed E-state index contributed by atoms with van der Waals surface area (Å²) in [6.45, 7) is 0.798. The van der Waals surface area contributed by atoms with E-state index in [1.54, 1.807) is 18.2 Å². The van der Waals surface area contributed by atoms with Crippen LogP contribution in [0.1, 0.15) is 12.8 Å². The van der Waals surface area contributed by atoms with Gasteiger partial charge in [0.1, 0.15) is 5.75 Å². The van der Waals surface area contributed by atoms with Gasteiger partial charge in [0.15, 0.2) is 6.61 Å². The average Bonchev–Trinajstić information content (AvgIpc) is 3.16. The van der Waals surface area contributed by atoms with Crippen molar-refractivity contribution < 1.29 is 17.9 Å². The number of rotatable bonds is 6. The van der Waals surface area contributed by atoms with E-state index in [0.717, 1.165) is 17.3 Å². The van der Waals surface area contributed by atoms with Crippen LogP contribution in [0.5, 0.6) is 5.75 Å². The Morgan fingerprint density at radius 2 is 1.93 bits per heavy atom. The average molecular weight is 474 g/mol. The van der Waals surface area contributed by atoms with Crippen LogP contribution in [0.25, 0.3) is 0 Å². The minimum atomic E-state index is -3.54. The zero-order valence-corrected chi connectivity index (χ0v) is 17.5. The number of hydrogen-bond acceptors (Lipinski definition) is 4. The first-order chi connectivity index (χ1) is 12.9. The molecule has 1 aliphatic heterocycles. The summed E-state index contributed by atoms with van der Waals surface area (Å²) in [5.41, 5.74) is 0.635. The number of sulfonamides is 1. The second-order valence-electron chi connectivity index (χ2n) is 6.05. The van der Waals surface area contributed by atoms with Gasteiger partial charge in [-0.15, -0.1) is 0 Å². The Bertz CT molecular complexity index is 946. The molecule has 1 fully saturated rings. The third kappa shape index (κ3) is 5.01. The fourth-order valence-electron chi connectivity index (χ4n) is 2.74. The van der Waals surface area contributed by atoms with Gasteiger partial charge in [-0.25, -0.2) is 8.42 Å². The van der Waals surface area contributed by atoms with Gasteiger partial charge in [0.05, 0.1) is 9.92 Å². The van der Waals surface area contributed by atoms with Gasteiger partial charge in [-0.05, 0) is 49.2 Å². The van der Waals surface area contributed by atoms with Crippen LogP contribution in [0, 0.1) is 0 Å². The number of hydrogen-bond donors (Lipinski definition) is 1. The van der Waals surface area contributed by atoms with Gasteiger partial charge in [-0.3, -0.25) is 4.79 Å². The molecular formula is C18H18BrClN2O4S. The van der Waals surface area contributed by atoms with E-state index >= 15 is 0 Å². The van der Waals surface area contributed by atoms with E-state index < -0.39 is 10.0 Å². The normalized spacial score (nSPS) is 14.9. The molecule has 2 aromatic carbocycles. The lowest BCUT2D eigenvalue weighted by Gasteiger charge is -2.16. The highest BCUT2D eigenvalue weighted by molar-refractivity contribution is 9.10. The number of benzene rings is 2. The molecule has 144 valence electrons. The number of amides is 1. The molecule has 0 spiro atoms. The Morgan fingerprint density at radius 3 is 2.59 bits per heavy atom. The van der Waals surface area contributed by atoms with Gasteiger partial charge < -0.3 is 10.1 Å². The van der Waals surface area contributed by atoms with Crippen molar-refractivity contribution in [2.75, 3.05) is 25.0 Å². The van der Waals surface area contributed by atoms with E-state index in [0.29, 0.717) is 18.8 Å². The van der Waals surface area contributed by atoms with Crippen LogP contribution in [-0.2, 0) is 14.8 Å². The quantitative estimate of drug-likeness (QED) is 0.690. The molecule has 0 saturated carbocycles. The summed E-state index contributed by atoms with van der Waals surface area (Å²) in [6, 6.07) is 11.5. The Morgan fingerprint density at radius 1 is 1.19 bits per heavy atom. The molecule has 9 heteroatoms. The molecular weight excluding hydrogens is 456 g/mol. The smallest absolute Gasteiger partial charge is 0.262 e. The van der Waals surface area contributed by atoms with Crippen LogP contribution in [0.2, 0.25) is 5.02 Å². The summed E-state index contributed by atoms with van der Waals surface area (Å²) < 4.78 is 32.8. The molecule has 27 heavy (non-hydrogen) atoms. The van der Waals surface area contributed by atoms with E-state index in [4.69, 9.17) is 16.3 Å². The first-order valence-electron chi connectivity index (χ1n) is 8.34. The molecule has 1 N–H and O–H groups in total. The number of ether oxygens (including phenoxy) is 1. The molecule has 1 aliphatic rings. The van der Waals surface area contributed by atoms with Gasteiger partial charge in [-0.2, -0.15) is 4.31 Å². The highest BCUT2D eigenvalue weighted by Gasteiger charge is 2.27. The number of nitrogens with one attached hydrogen (secondary N) is 1. The Balaban J connectivity index is 1.63. The van der Waals surface area contributed by atoms with Crippen LogP contribution in [0.15, 0.2) is 51.8 Å². The number of carbonyl (C=O) groups is 1. The second kappa shape index (κ2) is 8.60. The zero-order valence-electron chi connectivity index (χ0n) is 14.3. The van der Waals surface area contributed by atoms with Crippen LogP contribution in [0.4, 0.5) is 5.69 Å². The highest BCUT2D eigenvalue weighted by Crippen LogP contribution is 2.30. The van der Waals surface area contributed by atoms with Crippen molar-refractivity contribution in [1.29, 1.82) is 0 Å². The molecule has 3 rings (SSSR count). The van der Waals surface area contributed by atoms with E-state index in [2.05, 4.69) is 21.2 Å². The maximum atomic E-state index is 12.6. The molecule has 1 heterocycles. The molecule has 0 aliphatic carbocycles. The predicted molar refractivity (Wildman–Crippen MR) is 108 cm³/mol. The van der Waals surface area contributed by atoms with Crippen molar-refractivity contribution in [1.82, 2.24) is 4.31 Å². The van der Waals surface area contributed by atoms with E-state index in [9.17, 15) is 13.2 Å². The van der Waals surface area contributed by atoms with Crippen LogP contribution >= 0.6 is 27.5 Å². The summed E-state index contributed by atoms with van der Waals surface area (Å²) in [7, 11) is -3.54. The fourth-order valence-corrected chi connectivity index (χ4v) is 4.99. The molecule has 0 aromatic heterocycles. The van der Waals surface area contributed by atoms with Crippen molar-refractivity contribution in [2.45, 2.75) is 17.7 Å². The lowest BCUT2D eigenvalue weighted by atomic mass is 10.3. The highest BCUT2D eigenvalue weighted by atomic mass is 79.9. The standard InChI is InChI=1S/C18H18BrClN2O4S/c19-13-4-3-5-14(10-13)21-18(23)12-26-17-7-6-15(11-16(17)20)27(24,25)22-8-1-2-9-22/h3-7,10-11H,1-2,8-9,12H2,(H,21,23). The fraction of sp³-hybridized carbons (Fsp3) is 0.278. The molecule has 1 amide bonds. The molecule has 0 bridgehead atoms. The van der Waals surface area contributed by atoms with Gasteiger partial charge >= 0.3 is 0 Å². The van der Waals surface area contributed by atoms with Crippen molar-refractivity contribution in [3.63, 3.8) is 0 Å². The third-order valence-corrected chi connectivity index (χ3v) is 6.76. The van der Waals surface area contributed by atoms with E-state index in [-0.39, 0.29) is 28.2 Å². The molecule has 6 nitrogen and oxygen atoms in total. The largest absolute Gasteiger partial charge is 0.482 e. The SMILES string of the molecule is O=C(COc1ccc(S(=O)(=O)N2CCCC2)cc1Cl)Nc1cccc(Br)c1. The minimum absolute atomic E-state index is 0.125. The van der Waals surface area contributed by atoms with Crippen LogP contribution < -0.4 is 10.1 Å². The van der Waals surface area contributed by atoms with Crippen LogP contribution in [0.3, 0.4) is 0 Å². The third-order valence-electron chi connectivity index (χ3n) is 4.07. The van der Waals surface area contributed by atoms with E-state index in [1.807, 2.05) is 6.07 Å². The summed E-state index contributed by atoms with van der Waals surface area (Å²) in [4.78, 5) is 12.1. The maximum absolute atomic E-state index is 12.6. The summed E-state index contributed by atoms with van der Waals surface area (Å²) in [5, 5.41) is 2.85. The van der Waals surface area contributed by atoms with Crippen molar-refractivity contribution in [3.05, 3.63) is 52.0 Å². The number of nitrogens with zero attached hydrogens (tertiary/aromatic N) is 1. The van der Waals surface area contributed by atoms with Gasteiger partial charge in [0.25, 0.3) is 5.91 Å². The molecule has 0 radical (unpaired) electrons. The first-order valence-corrected chi connectivity index (χ1v) is 11.0. The first kappa shape index (κ1) is 20.1. The van der Waals surface area contributed by atoms with E-state index in [1.165, 1.54) is 22.5 Å². The maximum Gasteiger partial charge on any atom is 0.262 e. The number of carbonyl (C=O) groups excluding carboxylic acids is 1. The molecule has 2 aromatic rings. The predicted octanol–water partition coefficient (Wildman–Crippen LogP) is 3.90. The van der Waals surface area contributed by atoms with Gasteiger partial charge in [0, 0.05) is 23.2 Å². The summed E-state index contributed by atoms with van der Waals surface area (Å²) >= 11 is 9.49. The molecule has 0 unspecified atom stereocenters. The lowest BCUT2D eigenvalue weighted by Crippen LogP contribution is -2.27. The number of anilines is 1. The Kier molecular flexibility index (Phi) is 6.41. The molecule has 0 atom stereocenters. The monoisotopic (exact) mass is 472 g/mol. The summed E-state index contributed by atoms with van der Waals surface area (Å²) in [5.74, 6) is -0.0978. The topological polar surface area (TPSA) is 75.7 Å². The summed E-state index contributed by atoms with van der Waals surface area (Å²) in [6.07, 6.45) is 1.72. The molecule has 1 saturated heterocycles. The second-order valence-corrected chi connectivity index (χ2v) is 9.31. The lowest BCUT2D eigenvalue weighted by molar-refractivity contribution is -0.118. The van der Waals surface area contributed by atoms with Crippen molar-refractivity contribution in [3.8, 4) is 5.75 Å². The van der Waals surface area contributed by atoms with Gasteiger partial charge in [0.2, 0.25) is 10.0 Å². The van der Waals surface area contributed by atoms with Gasteiger partial charge in [-0.1, -0.05) is 33.6 Å². The van der Waals surface area contributed by atoms with Crippen molar-refractivity contribution in [2.24, 2.45) is 0 Å². The number of halogens is 2. The minimum Gasteiger partial charge on any atom is -0.482 e. The van der Waals surface area contributed by atoms with Crippen molar-refractivity contribution >= 4 is 49.1 Å². The van der Waals surface area contributed by atoms with Crippen LogP contribution in [-0.4, -0.2) is 38.3 Å². The Hall–Kier alpha value is -1.61.